The average molecular weight is 315 g/mol. The van der Waals surface area contributed by atoms with Gasteiger partial charge < -0.3 is 11.1 Å². The molecule has 4 nitrogen and oxygen atoms in total. The summed E-state index contributed by atoms with van der Waals surface area (Å²) in [6, 6.07) is 8.61. The molecule has 3 N–H and O–H groups in total. The van der Waals surface area contributed by atoms with Crippen molar-refractivity contribution >= 4 is 5.91 Å². The van der Waals surface area contributed by atoms with Crippen molar-refractivity contribution in [2.24, 2.45) is 5.73 Å². The summed E-state index contributed by atoms with van der Waals surface area (Å²) in [5, 5.41) is 3.01. The standard InChI is InChI=1S/C19H29N3O/c20-19(10-2-3-11-19)18(23)21-14-16-6-8-17(9-7-16)15-22-12-4-1-5-13-22/h6-9H,1-5,10-15,20H2,(H,21,23). The van der Waals surface area contributed by atoms with Gasteiger partial charge in [-0.05, 0) is 49.9 Å². The van der Waals surface area contributed by atoms with Gasteiger partial charge in [-0.2, -0.15) is 0 Å². The molecule has 0 atom stereocenters. The van der Waals surface area contributed by atoms with Crippen molar-refractivity contribution in [2.75, 3.05) is 13.1 Å². The Morgan fingerprint density at radius 1 is 1.00 bits per heavy atom. The molecule has 1 aromatic rings. The summed E-state index contributed by atoms with van der Waals surface area (Å²) in [4.78, 5) is 14.8. The molecular weight excluding hydrogens is 286 g/mol. The van der Waals surface area contributed by atoms with E-state index in [4.69, 9.17) is 5.73 Å². The number of benzene rings is 1. The smallest absolute Gasteiger partial charge is 0.240 e. The van der Waals surface area contributed by atoms with E-state index in [-0.39, 0.29) is 5.91 Å². The third kappa shape index (κ3) is 4.33. The summed E-state index contributed by atoms with van der Waals surface area (Å²) >= 11 is 0. The Morgan fingerprint density at radius 3 is 2.26 bits per heavy atom. The van der Waals surface area contributed by atoms with Gasteiger partial charge in [-0.15, -0.1) is 0 Å². The highest BCUT2D eigenvalue weighted by atomic mass is 16.2. The first-order chi connectivity index (χ1) is 11.2. The zero-order valence-corrected chi connectivity index (χ0v) is 14.0. The quantitative estimate of drug-likeness (QED) is 0.878. The third-order valence-corrected chi connectivity index (χ3v) is 5.28. The van der Waals surface area contributed by atoms with Crippen LogP contribution < -0.4 is 11.1 Å². The highest BCUT2D eigenvalue weighted by molar-refractivity contribution is 5.86. The lowest BCUT2D eigenvalue weighted by atomic mass is 9.98. The minimum atomic E-state index is -0.631. The van der Waals surface area contributed by atoms with Gasteiger partial charge in [0.2, 0.25) is 5.91 Å². The molecule has 0 radical (unpaired) electrons. The minimum Gasteiger partial charge on any atom is -0.350 e. The lowest BCUT2D eigenvalue weighted by molar-refractivity contribution is -0.126. The number of amides is 1. The predicted octanol–water partition coefficient (Wildman–Crippen LogP) is 2.56. The number of hydrogen-bond acceptors (Lipinski definition) is 3. The van der Waals surface area contributed by atoms with E-state index in [2.05, 4.69) is 34.5 Å². The molecule has 1 amide bonds. The van der Waals surface area contributed by atoms with Crippen LogP contribution in [-0.2, 0) is 17.9 Å². The van der Waals surface area contributed by atoms with Crippen molar-refractivity contribution in [1.82, 2.24) is 10.2 Å². The molecule has 2 fully saturated rings. The van der Waals surface area contributed by atoms with Gasteiger partial charge in [0.15, 0.2) is 0 Å². The average Bonchev–Trinajstić information content (AvgIpc) is 3.03. The first kappa shape index (κ1) is 16.5. The molecule has 23 heavy (non-hydrogen) atoms. The minimum absolute atomic E-state index is 0.00685. The van der Waals surface area contributed by atoms with Gasteiger partial charge in [0.25, 0.3) is 0 Å². The normalized spacial score (nSPS) is 21.3. The van der Waals surface area contributed by atoms with E-state index < -0.39 is 5.54 Å². The van der Waals surface area contributed by atoms with E-state index in [1.807, 2.05) is 0 Å². The van der Waals surface area contributed by atoms with Crippen molar-refractivity contribution in [1.29, 1.82) is 0 Å². The number of nitrogens with one attached hydrogen (secondary N) is 1. The Hall–Kier alpha value is -1.39. The van der Waals surface area contributed by atoms with Crippen LogP contribution in [-0.4, -0.2) is 29.4 Å². The molecule has 4 heteroatoms. The number of nitrogens with zero attached hydrogens (tertiary/aromatic N) is 1. The molecule has 1 aliphatic carbocycles. The molecule has 0 spiro atoms. The Balaban J connectivity index is 1.48. The van der Waals surface area contributed by atoms with Crippen molar-refractivity contribution in [2.45, 2.75) is 63.6 Å². The van der Waals surface area contributed by atoms with E-state index in [1.54, 1.807) is 0 Å². The maximum atomic E-state index is 12.2. The first-order valence-corrected chi connectivity index (χ1v) is 9.03. The molecule has 2 aliphatic rings. The highest BCUT2D eigenvalue weighted by Crippen LogP contribution is 2.27. The van der Waals surface area contributed by atoms with Crippen molar-refractivity contribution in [3.63, 3.8) is 0 Å². The van der Waals surface area contributed by atoms with E-state index in [0.717, 1.165) is 37.8 Å². The maximum absolute atomic E-state index is 12.2. The second-order valence-electron chi connectivity index (χ2n) is 7.20. The Labute approximate surface area is 139 Å². The number of nitrogens with two attached hydrogens (primary N) is 1. The van der Waals surface area contributed by atoms with Gasteiger partial charge >= 0.3 is 0 Å². The maximum Gasteiger partial charge on any atom is 0.240 e. The fraction of sp³-hybridized carbons (Fsp3) is 0.632. The number of carbonyl (C=O) groups excluding carboxylic acids is 1. The molecule has 126 valence electrons. The van der Waals surface area contributed by atoms with E-state index in [0.29, 0.717) is 6.54 Å². The fourth-order valence-electron chi connectivity index (χ4n) is 3.73. The van der Waals surface area contributed by atoms with Gasteiger partial charge in [-0.3, -0.25) is 9.69 Å². The van der Waals surface area contributed by atoms with Crippen molar-refractivity contribution in [3.8, 4) is 0 Å². The number of hydrogen-bond donors (Lipinski definition) is 2. The van der Waals surface area contributed by atoms with Gasteiger partial charge in [0.05, 0.1) is 5.54 Å². The molecule has 3 rings (SSSR count). The monoisotopic (exact) mass is 315 g/mol. The Bertz CT molecular complexity index is 514. The first-order valence-electron chi connectivity index (χ1n) is 9.03. The van der Waals surface area contributed by atoms with Crippen LogP contribution in [0, 0.1) is 0 Å². The second-order valence-corrected chi connectivity index (χ2v) is 7.20. The lowest BCUT2D eigenvalue weighted by Gasteiger charge is -2.26. The summed E-state index contributed by atoms with van der Waals surface area (Å²) < 4.78 is 0. The number of rotatable bonds is 5. The highest BCUT2D eigenvalue weighted by Gasteiger charge is 2.36. The molecule has 1 aromatic carbocycles. The molecule has 0 bridgehead atoms. The van der Waals surface area contributed by atoms with Gasteiger partial charge in [-0.25, -0.2) is 0 Å². The van der Waals surface area contributed by atoms with E-state index in [1.165, 1.54) is 37.9 Å². The number of likely N-dealkylation sites (tertiary alicyclic amines) is 1. The molecule has 1 heterocycles. The number of piperidine rings is 1. The fourth-order valence-corrected chi connectivity index (χ4v) is 3.73. The third-order valence-electron chi connectivity index (χ3n) is 5.28. The zero-order chi connectivity index (χ0) is 16.1. The molecule has 1 saturated carbocycles. The summed E-state index contributed by atoms with van der Waals surface area (Å²) in [6.07, 6.45) is 7.78. The van der Waals surface area contributed by atoms with Crippen LogP contribution >= 0.6 is 0 Å². The molecule has 0 unspecified atom stereocenters. The lowest BCUT2D eigenvalue weighted by Crippen LogP contribution is -2.51. The molecular formula is C19H29N3O. The van der Waals surface area contributed by atoms with Crippen LogP contribution in [0.3, 0.4) is 0 Å². The second kappa shape index (κ2) is 7.45. The summed E-state index contributed by atoms with van der Waals surface area (Å²) in [6.45, 7) is 4.05. The largest absolute Gasteiger partial charge is 0.350 e. The SMILES string of the molecule is NC1(C(=O)NCc2ccc(CN3CCCCC3)cc2)CCCC1. The van der Waals surface area contributed by atoms with Gasteiger partial charge in [0.1, 0.15) is 0 Å². The zero-order valence-electron chi connectivity index (χ0n) is 14.0. The van der Waals surface area contributed by atoms with Crippen molar-refractivity contribution in [3.05, 3.63) is 35.4 Å². The molecule has 0 aromatic heterocycles. The van der Waals surface area contributed by atoms with Crippen LogP contribution in [0.4, 0.5) is 0 Å². The van der Waals surface area contributed by atoms with Crippen LogP contribution in [0.2, 0.25) is 0 Å². The van der Waals surface area contributed by atoms with Crippen LogP contribution in [0.15, 0.2) is 24.3 Å². The predicted molar refractivity (Wildman–Crippen MR) is 92.8 cm³/mol. The van der Waals surface area contributed by atoms with Crippen LogP contribution in [0.25, 0.3) is 0 Å². The molecule has 1 saturated heterocycles. The van der Waals surface area contributed by atoms with Gasteiger partial charge in [0, 0.05) is 13.1 Å². The summed E-state index contributed by atoms with van der Waals surface area (Å²) in [5.41, 5.74) is 8.04. The van der Waals surface area contributed by atoms with Crippen molar-refractivity contribution < 1.29 is 4.79 Å². The summed E-state index contributed by atoms with van der Waals surface area (Å²) in [5.74, 6) is 0.00685. The van der Waals surface area contributed by atoms with Crippen LogP contribution in [0.5, 0.6) is 0 Å². The van der Waals surface area contributed by atoms with E-state index >= 15 is 0 Å². The molecule has 1 aliphatic heterocycles. The van der Waals surface area contributed by atoms with Crippen LogP contribution in [0.1, 0.15) is 56.1 Å². The van der Waals surface area contributed by atoms with Gasteiger partial charge in [-0.1, -0.05) is 43.5 Å². The summed E-state index contributed by atoms with van der Waals surface area (Å²) in [7, 11) is 0. The number of carbonyl (C=O) groups is 1. The van der Waals surface area contributed by atoms with E-state index in [9.17, 15) is 4.79 Å². The Kier molecular flexibility index (Phi) is 5.34. The Morgan fingerprint density at radius 2 is 1.61 bits per heavy atom. The topological polar surface area (TPSA) is 58.4 Å².